The number of hydrogen-bond acceptors (Lipinski definition) is 2. The molecule has 15 heavy (non-hydrogen) atoms. The van der Waals surface area contributed by atoms with Crippen LogP contribution in [0.5, 0.6) is 0 Å². The zero-order chi connectivity index (χ0) is 10.1. The van der Waals surface area contributed by atoms with Crippen molar-refractivity contribution in [2.45, 2.75) is 6.54 Å². The van der Waals surface area contributed by atoms with Gasteiger partial charge in [-0.15, -0.1) is 0 Å². The van der Waals surface area contributed by atoms with Crippen LogP contribution >= 0.6 is 0 Å². The Morgan fingerprint density at radius 2 is 1.73 bits per heavy atom. The smallest absolute Gasteiger partial charge is 0.0510 e. The van der Waals surface area contributed by atoms with E-state index in [-0.39, 0.29) is 0 Å². The van der Waals surface area contributed by atoms with Crippen LogP contribution in [-0.4, -0.2) is 31.2 Å². The highest BCUT2D eigenvalue weighted by molar-refractivity contribution is 5.14. The zero-order valence-corrected chi connectivity index (χ0v) is 8.93. The van der Waals surface area contributed by atoms with Crippen molar-refractivity contribution in [3.63, 3.8) is 0 Å². The van der Waals surface area contributed by atoms with Crippen molar-refractivity contribution >= 4 is 0 Å². The van der Waals surface area contributed by atoms with E-state index in [9.17, 15) is 0 Å². The predicted molar refractivity (Wildman–Crippen MR) is 59.5 cm³/mol. The third-order valence-corrected chi connectivity index (χ3v) is 3.56. The number of rotatable bonds is 2. The molecule has 2 nitrogen and oxygen atoms in total. The molecule has 0 aliphatic carbocycles. The van der Waals surface area contributed by atoms with Crippen molar-refractivity contribution in [1.29, 1.82) is 0 Å². The highest BCUT2D eigenvalue weighted by atomic mass is 16.5. The van der Waals surface area contributed by atoms with Gasteiger partial charge in [0.2, 0.25) is 0 Å². The quantitative estimate of drug-likeness (QED) is 0.726. The molecule has 0 saturated carbocycles. The van der Waals surface area contributed by atoms with Gasteiger partial charge in [-0.25, -0.2) is 0 Å². The monoisotopic (exact) mass is 203 g/mol. The summed E-state index contributed by atoms with van der Waals surface area (Å²) in [4.78, 5) is 2.56. The van der Waals surface area contributed by atoms with Crippen LogP contribution in [0.2, 0.25) is 0 Å². The molecule has 0 spiro atoms. The van der Waals surface area contributed by atoms with Gasteiger partial charge in [-0.3, -0.25) is 4.90 Å². The standard InChI is InChI=1S/C13H17NO/c1-2-4-11(5-3-1)6-14-7-12-9-15-10-13(12)8-14/h1-5,12-13H,6-10H2/t12-,13-/m0/s1. The molecule has 0 aromatic heterocycles. The number of likely N-dealkylation sites (tertiary alicyclic amines) is 1. The minimum absolute atomic E-state index is 0.800. The molecule has 0 amide bonds. The summed E-state index contributed by atoms with van der Waals surface area (Å²) in [6.07, 6.45) is 0. The van der Waals surface area contributed by atoms with Gasteiger partial charge in [-0.05, 0) is 5.56 Å². The molecule has 2 heteroatoms. The fourth-order valence-electron chi connectivity index (χ4n) is 2.76. The van der Waals surface area contributed by atoms with E-state index in [2.05, 4.69) is 35.2 Å². The van der Waals surface area contributed by atoms with E-state index in [0.29, 0.717) is 0 Å². The summed E-state index contributed by atoms with van der Waals surface area (Å²) in [6.45, 7) is 5.51. The maximum atomic E-state index is 5.48. The molecule has 0 bridgehead atoms. The number of hydrogen-bond donors (Lipinski definition) is 0. The van der Waals surface area contributed by atoms with E-state index in [1.807, 2.05) is 0 Å². The lowest BCUT2D eigenvalue weighted by Crippen LogP contribution is -2.22. The molecule has 2 aliphatic rings. The number of benzene rings is 1. The van der Waals surface area contributed by atoms with Crippen LogP contribution in [0.4, 0.5) is 0 Å². The van der Waals surface area contributed by atoms with Crippen molar-refractivity contribution in [2.24, 2.45) is 11.8 Å². The van der Waals surface area contributed by atoms with Gasteiger partial charge in [0, 0.05) is 31.5 Å². The first-order valence-electron chi connectivity index (χ1n) is 5.76. The van der Waals surface area contributed by atoms with Crippen molar-refractivity contribution in [1.82, 2.24) is 4.90 Å². The van der Waals surface area contributed by atoms with Gasteiger partial charge in [-0.1, -0.05) is 30.3 Å². The Kier molecular flexibility index (Phi) is 2.47. The Labute approximate surface area is 90.8 Å². The predicted octanol–water partition coefficient (Wildman–Crippen LogP) is 1.76. The molecule has 2 fully saturated rings. The highest BCUT2D eigenvalue weighted by Crippen LogP contribution is 2.29. The van der Waals surface area contributed by atoms with Crippen molar-refractivity contribution < 1.29 is 4.74 Å². The van der Waals surface area contributed by atoms with Gasteiger partial charge < -0.3 is 4.74 Å². The van der Waals surface area contributed by atoms with E-state index in [0.717, 1.165) is 31.6 Å². The highest BCUT2D eigenvalue weighted by Gasteiger charge is 2.36. The Balaban J connectivity index is 1.62. The molecule has 2 heterocycles. The summed E-state index contributed by atoms with van der Waals surface area (Å²) in [5, 5.41) is 0. The minimum Gasteiger partial charge on any atom is -0.381 e. The van der Waals surface area contributed by atoms with Gasteiger partial charge in [0.1, 0.15) is 0 Å². The molecule has 1 aromatic rings. The molecule has 2 atom stereocenters. The second-order valence-corrected chi connectivity index (χ2v) is 4.74. The molecule has 0 radical (unpaired) electrons. The van der Waals surface area contributed by atoms with Crippen molar-refractivity contribution in [3.8, 4) is 0 Å². The maximum Gasteiger partial charge on any atom is 0.0510 e. The molecule has 0 unspecified atom stereocenters. The van der Waals surface area contributed by atoms with Crippen LogP contribution < -0.4 is 0 Å². The Morgan fingerprint density at radius 3 is 2.40 bits per heavy atom. The lowest BCUT2D eigenvalue weighted by molar-refractivity contribution is 0.153. The average Bonchev–Trinajstić information content (AvgIpc) is 2.79. The Bertz CT molecular complexity index is 313. The molecular weight excluding hydrogens is 186 g/mol. The lowest BCUT2D eigenvalue weighted by Gasteiger charge is -2.16. The summed E-state index contributed by atoms with van der Waals surface area (Å²) in [5.41, 5.74) is 1.43. The Morgan fingerprint density at radius 1 is 1.07 bits per heavy atom. The summed E-state index contributed by atoms with van der Waals surface area (Å²) in [7, 11) is 0. The van der Waals surface area contributed by atoms with Crippen LogP contribution in [-0.2, 0) is 11.3 Å². The molecule has 1 aromatic carbocycles. The van der Waals surface area contributed by atoms with Crippen molar-refractivity contribution in [2.75, 3.05) is 26.3 Å². The van der Waals surface area contributed by atoms with Crippen molar-refractivity contribution in [3.05, 3.63) is 35.9 Å². The van der Waals surface area contributed by atoms with Crippen LogP contribution in [0.15, 0.2) is 30.3 Å². The normalized spacial score (nSPS) is 30.7. The maximum absolute atomic E-state index is 5.48. The summed E-state index contributed by atoms with van der Waals surface area (Å²) < 4.78 is 5.48. The van der Waals surface area contributed by atoms with E-state index < -0.39 is 0 Å². The SMILES string of the molecule is c1ccc(CN2C[C@H]3COC[C@@H]3C2)cc1. The van der Waals surface area contributed by atoms with Crippen LogP contribution in [0, 0.1) is 11.8 Å². The lowest BCUT2D eigenvalue weighted by atomic mass is 10.0. The first-order chi connectivity index (χ1) is 7.42. The fraction of sp³-hybridized carbons (Fsp3) is 0.538. The first-order valence-corrected chi connectivity index (χ1v) is 5.76. The number of nitrogens with zero attached hydrogens (tertiary/aromatic N) is 1. The first kappa shape index (κ1) is 9.37. The summed E-state index contributed by atoms with van der Waals surface area (Å²) in [6, 6.07) is 10.7. The fourth-order valence-corrected chi connectivity index (χ4v) is 2.76. The molecule has 2 aliphatic heterocycles. The second kappa shape index (κ2) is 3.95. The molecule has 3 rings (SSSR count). The van der Waals surface area contributed by atoms with E-state index in [4.69, 9.17) is 4.74 Å². The molecule has 0 N–H and O–H groups in total. The third-order valence-electron chi connectivity index (χ3n) is 3.56. The third kappa shape index (κ3) is 1.92. The molecular formula is C13H17NO. The zero-order valence-electron chi connectivity index (χ0n) is 8.93. The second-order valence-electron chi connectivity index (χ2n) is 4.74. The van der Waals surface area contributed by atoms with Gasteiger partial charge in [0.25, 0.3) is 0 Å². The average molecular weight is 203 g/mol. The molecule has 2 saturated heterocycles. The summed E-state index contributed by atoms with van der Waals surface area (Å²) in [5.74, 6) is 1.60. The van der Waals surface area contributed by atoms with E-state index in [1.165, 1.54) is 18.7 Å². The van der Waals surface area contributed by atoms with Crippen LogP contribution in [0.1, 0.15) is 5.56 Å². The number of ether oxygens (including phenoxy) is 1. The molecule has 80 valence electrons. The van der Waals surface area contributed by atoms with Gasteiger partial charge in [0.15, 0.2) is 0 Å². The minimum atomic E-state index is 0.800. The van der Waals surface area contributed by atoms with Gasteiger partial charge >= 0.3 is 0 Å². The largest absolute Gasteiger partial charge is 0.381 e. The van der Waals surface area contributed by atoms with Gasteiger partial charge in [0.05, 0.1) is 13.2 Å². The topological polar surface area (TPSA) is 12.5 Å². The Hall–Kier alpha value is -0.860. The van der Waals surface area contributed by atoms with Crippen LogP contribution in [0.3, 0.4) is 0 Å². The van der Waals surface area contributed by atoms with E-state index in [1.54, 1.807) is 0 Å². The summed E-state index contributed by atoms with van der Waals surface area (Å²) >= 11 is 0. The van der Waals surface area contributed by atoms with E-state index >= 15 is 0 Å². The van der Waals surface area contributed by atoms with Gasteiger partial charge in [-0.2, -0.15) is 0 Å². The van der Waals surface area contributed by atoms with Crippen LogP contribution in [0.25, 0.3) is 0 Å². The number of fused-ring (bicyclic) bond motifs is 1.